The third-order valence-corrected chi connectivity index (χ3v) is 2.71. The summed E-state index contributed by atoms with van der Waals surface area (Å²) in [6.45, 7) is 6.37. The maximum atomic E-state index is 11.8. The van der Waals surface area contributed by atoms with Crippen LogP contribution in [0.2, 0.25) is 0 Å². The van der Waals surface area contributed by atoms with Crippen molar-refractivity contribution in [1.29, 1.82) is 0 Å². The summed E-state index contributed by atoms with van der Waals surface area (Å²) in [7, 11) is 0. The standard InChI is InChI=1S/C14H16N2O/c1-14(2,3)11-7-9-16(17)13(10-11)12-6-4-5-8-15-12/h4-10H,1-3H3. The molecule has 3 nitrogen and oxygen atoms in total. The minimum Gasteiger partial charge on any atom is -0.618 e. The van der Waals surface area contributed by atoms with Gasteiger partial charge in [0.1, 0.15) is 5.69 Å². The van der Waals surface area contributed by atoms with Gasteiger partial charge in [0.05, 0.1) is 0 Å². The summed E-state index contributed by atoms with van der Waals surface area (Å²) in [5.41, 5.74) is 2.45. The molecular formula is C14H16N2O. The fourth-order valence-electron chi connectivity index (χ4n) is 1.65. The van der Waals surface area contributed by atoms with Crippen molar-refractivity contribution in [2.75, 3.05) is 0 Å². The molecule has 0 radical (unpaired) electrons. The quantitative estimate of drug-likeness (QED) is 0.556. The van der Waals surface area contributed by atoms with Crippen LogP contribution in [0.5, 0.6) is 0 Å². The van der Waals surface area contributed by atoms with Gasteiger partial charge in [-0.05, 0) is 23.1 Å². The van der Waals surface area contributed by atoms with Gasteiger partial charge in [0, 0.05) is 18.3 Å². The molecule has 0 saturated carbocycles. The van der Waals surface area contributed by atoms with E-state index < -0.39 is 0 Å². The van der Waals surface area contributed by atoms with Crippen LogP contribution in [0.25, 0.3) is 11.4 Å². The summed E-state index contributed by atoms with van der Waals surface area (Å²) in [6.07, 6.45) is 3.24. The first-order valence-corrected chi connectivity index (χ1v) is 5.63. The average molecular weight is 228 g/mol. The predicted octanol–water partition coefficient (Wildman–Crippen LogP) is 2.68. The van der Waals surface area contributed by atoms with Crippen molar-refractivity contribution < 1.29 is 4.73 Å². The van der Waals surface area contributed by atoms with Gasteiger partial charge >= 0.3 is 0 Å². The summed E-state index contributed by atoms with van der Waals surface area (Å²) in [5, 5.41) is 11.8. The van der Waals surface area contributed by atoms with Gasteiger partial charge in [0.15, 0.2) is 6.20 Å². The fourth-order valence-corrected chi connectivity index (χ4v) is 1.65. The van der Waals surface area contributed by atoms with Crippen LogP contribution >= 0.6 is 0 Å². The van der Waals surface area contributed by atoms with E-state index in [1.165, 1.54) is 0 Å². The van der Waals surface area contributed by atoms with E-state index >= 15 is 0 Å². The second-order valence-electron chi connectivity index (χ2n) is 5.09. The summed E-state index contributed by atoms with van der Waals surface area (Å²) in [6, 6.07) is 9.34. The highest BCUT2D eigenvalue weighted by molar-refractivity contribution is 5.51. The third-order valence-electron chi connectivity index (χ3n) is 2.71. The number of hydrogen-bond donors (Lipinski definition) is 0. The largest absolute Gasteiger partial charge is 0.618 e. The molecular weight excluding hydrogens is 212 g/mol. The van der Waals surface area contributed by atoms with Crippen molar-refractivity contribution in [3.8, 4) is 11.4 Å². The highest BCUT2D eigenvalue weighted by Crippen LogP contribution is 2.24. The van der Waals surface area contributed by atoms with E-state index in [1.54, 1.807) is 12.4 Å². The maximum absolute atomic E-state index is 11.8. The normalized spacial score (nSPS) is 11.5. The molecule has 17 heavy (non-hydrogen) atoms. The Hall–Kier alpha value is -1.90. The Labute approximate surface area is 101 Å². The van der Waals surface area contributed by atoms with Crippen LogP contribution in [0.4, 0.5) is 0 Å². The molecule has 0 aliphatic rings. The van der Waals surface area contributed by atoms with Gasteiger partial charge in [0.25, 0.3) is 0 Å². The van der Waals surface area contributed by atoms with E-state index in [0.717, 1.165) is 10.3 Å². The summed E-state index contributed by atoms with van der Waals surface area (Å²) < 4.78 is 0.859. The van der Waals surface area contributed by atoms with E-state index in [-0.39, 0.29) is 5.41 Å². The Balaban J connectivity index is 2.55. The number of hydrogen-bond acceptors (Lipinski definition) is 2. The maximum Gasteiger partial charge on any atom is 0.242 e. The van der Waals surface area contributed by atoms with Crippen LogP contribution in [0.1, 0.15) is 26.3 Å². The third kappa shape index (κ3) is 2.44. The zero-order chi connectivity index (χ0) is 12.5. The first-order valence-electron chi connectivity index (χ1n) is 5.63. The Morgan fingerprint density at radius 2 is 1.94 bits per heavy atom. The number of nitrogens with zero attached hydrogens (tertiary/aromatic N) is 2. The molecule has 0 spiro atoms. The van der Waals surface area contributed by atoms with E-state index in [2.05, 4.69) is 25.8 Å². The van der Waals surface area contributed by atoms with Crippen molar-refractivity contribution in [2.45, 2.75) is 26.2 Å². The van der Waals surface area contributed by atoms with Gasteiger partial charge in [-0.25, -0.2) is 4.98 Å². The first-order chi connectivity index (χ1) is 7.98. The van der Waals surface area contributed by atoms with E-state index in [9.17, 15) is 5.21 Å². The molecule has 0 aliphatic carbocycles. The van der Waals surface area contributed by atoms with Crippen LogP contribution in [0.15, 0.2) is 42.7 Å². The second-order valence-corrected chi connectivity index (χ2v) is 5.09. The second kappa shape index (κ2) is 4.17. The molecule has 2 aromatic rings. The Kier molecular flexibility index (Phi) is 2.84. The Morgan fingerprint density at radius 1 is 1.18 bits per heavy atom. The molecule has 0 aliphatic heterocycles. The molecule has 0 bridgehead atoms. The zero-order valence-corrected chi connectivity index (χ0v) is 10.3. The summed E-state index contributed by atoms with van der Waals surface area (Å²) >= 11 is 0. The van der Waals surface area contributed by atoms with Crippen molar-refractivity contribution >= 4 is 0 Å². The molecule has 0 unspecified atom stereocenters. The Bertz CT molecular complexity index is 515. The van der Waals surface area contributed by atoms with E-state index in [0.29, 0.717) is 11.4 Å². The van der Waals surface area contributed by atoms with Gasteiger partial charge < -0.3 is 5.21 Å². The number of aromatic nitrogens is 2. The topological polar surface area (TPSA) is 39.8 Å². The van der Waals surface area contributed by atoms with Crippen LogP contribution in [0, 0.1) is 5.21 Å². The van der Waals surface area contributed by atoms with Crippen LogP contribution in [-0.4, -0.2) is 4.98 Å². The summed E-state index contributed by atoms with van der Waals surface area (Å²) in [5.74, 6) is 0. The van der Waals surface area contributed by atoms with Crippen LogP contribution < -0.4 is 4.73 Å². The molecule has 2 rings (SSSR count). The SMILES string of the molecule is CC(C)(C)c1cc[n+]([O-])c(-c2ccccn2)c1. The number of rotatable bonds is 1. The van der Waals surface area contributed by atoms with Gasteiger partial charge in [-0.3, -0.25) is 0 Å². The smallest absolute Gasteiger partial charge is 0.242 e. The molecule has 2 heterocycles. The number of pyridine rings is 2. The lowest BCUT2D eigenvalue weighted by Gasteiger charge is -2.19. The zero-order valence-electron chi connectivity index (χ0n) is 10.3. The molecule has 0 saturated heterocycles. The molecule has 0 atom stereocenters. The molecule has 88 valence electrons. The summed E-state index contributed by atoms with van der Waals surface area (Å²) in [4.78, 5) is 4.21. The highest BCUT2D eigenvalue weighted by Gasteiger charge is 2.18. The van der Waals surface area contributed by atoms with Crippen molar-refractivity contribution in [3.63, 3.8) is 0 Å². The Morgan fingerprint density at radius 3 is 2.53 bits per heavy atom. The highest BCUT2D eigenvalue weighted by atomic mass is 16.5. The van der Waals surface area contributed by atoms with E-state index in [1.807, 2.05) is 30.3 Å². The molecule has 2 aromatic heterocycles. The minimum atomic E-state index is 0.0256. The predicted molar refractivity (Wildman–Crippen MR) is 67.3 cm³/mol. The first kappa shape index (κ1) is 11.6. The fraction of sp³-hybridized carbons (Fsp3) is 0.286. The minimum absolute atomic E-state index is 0.0256. The molecule has 0 N–H and O–H groups in total. The molecule has 0 aromatic carbocycles. The lowest BCUT2D eigenvalue weighted by Crippen LogP contribution is -2.30. The van der Waals surface area contributed by atoms with Crippen LogP contribution in [-0.2, 0) is 5.41 Å². The lowest BCUT2D eigenvalue weighted by atomic mass is 9.87. The van der Waals surface area contributed by atoms with Crippen molar-refractivity contribution in [1.82, 2.24) is 4.98 Å². The van der Waals surface area contributed by atoms with Crippen molar-refractivity contribution in [2.24, 2.45) is 0 Å². The van der Waals surface area contributed by atoms with Gasteiger partial charge in [-0.15, -0.1) is 0 Å². The van der Waals surface area contributed by atoms with Gasteiger partial charge in [-0.1, -0.05) is 26.8 Å². The molecule has 0 amide bonds. The van der Waals surface area contributed by atoms with E-state index in [4.69, 9.17) is 0 Å². The van der Waals surface area contributed by atoms with Crippen LogP contribution in [0.3, 0.4) is 0 Å². The van der Waals surface area contributed by atoms with Crippen molar-refractivity contribution in [3.05, 3.63) is 53.5 Å². The molecule has 0 fully saturated rings. The lowest BCUT2D eigenvalue weighted by molar-refractivity contribution is -0.593. The monoisotopic (exact) mass is 228 g/mol. The van der Waals surface area contributed by atoms with Gasteiger partial charge in [0.2, 0.25) is 5.69 Å². The molecule has 3 heteroatoms. The average Bonchev–Trinajstić information content (AvgIpc) is 2.29. The van der Waals surface area contributed by atoms with Gasteiger partial charge in [-0.2, -0.15) is 4.73 Å².